The van der Waals surface area contributed by atoms with Crippen LogP contribution < -0.4 is 5.43 Å². The van der Waals surface area contributed by atoms with E-state index in [1.165, 1.54) is 12.1 Å². The van der Waals surface area contributed by atoms with Gasteiger partial charge in [-0.15, -0.1) is 0 Å². The lowest BCUT2D eigenvalue weighted by Gasteiger charge is -2.01. The molecule has 0 aliphatic heterocycles. The van der Waals surface area contributed by atoms with Gasteiger partial charge in [-0.1, -0.05) is 29.8 Å². The Morgan fingerprint density at radius 3 is 2.59 bits per heavy atom. The average Bonchev–Trinajstić information content (AvgIpc) is 3.16. The standard InChI is InChI=1S/C18H14ClN5O3/c1-11(12-6-8-13(9-7-12)24(26)27)20-23-18(25)17-10-16(21-22-17)14-4-2-3-5-15(14)19/h2-10H,1H3,(H,21,22)(H,23,25)/b20-11-. The molecule has 136 valence electrons. The number of nitro benzene ring substituents is 1. The van der Waals surface area contributed by atoms with Crippen molar-refractivity contribution < 1.29 is 9.72 Å². The molecule has 2 N–H and O–H groups in total. The van der Waals surface area contributed by atoms with Crippen molar-refractivity contribution in [2.75, 3.05) is 0 Å². The molecule has 1 amide bonds. The smallest absolute Gasteiger partial charge is 0.272 e. The number of rotatable bonds is 5. The van der Waals surface area contributed by atoms with E-state index in [1.54, 1.807) is 37.3 Å². The fourth-order valence-electron chi connectivity index (χ4n) is 2.33. The number of nitrogens with zero attached hydrogens (tertiary/aromatic N) is 3. The molecule has 8 nitrogen and oxygen atoms in total. The Kier molecular flexibility index (Phi) is 5.28. The average molecular weight is 384 g/mol. The summed E-state index contributed by atoms with van der Waals surface area (Å²) in [6.07, 6.45) is 0. The van der Waals surface area contributed by atoms with Crippen LogP contribution in [0, 0.1) is 10.1 Å². The van der Waals surface area contributed by atoms with E-state index in [1.807, 2.05) is 12.1 Å². The predicted molar refractivity (Wildman–Crippen MR) is 102 cm³/mol. The largest absolute Gasteiger partial charge is 0.289 e. The molecule has 0 atom stereocenters. The number of hydrazone groups is 1. The van der Waals surface area contributed by atoms with Crippen LogP contribution in [0.5, 0.6) is 0 Å². The summed E-state index contributed by atoms with van der Waals surface area (Å²) in [4.78, 5) is 22.4. The maximum atomic E-state index is 12.2. The Bertz CT molecular complexity index is 1030. The molecule has 0 saturated heterocycles. The molecule has 3 rings (SSSR count). The fraction of sp³-hybridized carbons (Fsp3) is 0.0556. The van der Waals surface area contributed by atoms with Gasteiger partial charge in [-0.2, -0.15) is 10.2 Å². The molecule has 0 spiro atoms. The summed E-state index contributed by atoms with van der Waals surface area (Å²) in [7, 11) is 0. The topological polar surface area (TPSA) is 113 Å². The maximum Gasteiger partial charge on any atom is 0.289 e. The van der Waals surface area contributed by atoms with Crippen LogP contribution in [-0.4, -0.2) is 26.7 Å². The van der Waals surface area contributed by atoms with Gasteiger partial charge in [0, 0.05) is 17.7 Å². The Hall–Kier alpha value is -3.52. The maximum absolute atomic E-state index is 12.2. The minimum Gasteiger partial charge on any atom is -0.272 e. The number of aromatic nitrogens is 2. The third-order valence-electron chi connectivity index (χ3n) is 3.79. The van der Waals surface area contributed by atoms with Crippen molar-refractivity contribution >= 4 is 28.9 Å². The first-order valence-electron chi connectivity index (χ1n) is 7.85. The number of nitrogens with one attached hydrogen (secondary N) is 2. The lowest BCUT2D eigenvalue weighted by Crippen LogP contribution is -2.19. The van der Waals surface area contributed by atoms with E-state index in [0.717, 1.165) is 0 Å². The molecule has 0 fully saturated rings. The first-order chi connectivity index (χ1) is 13.0. The number of halogens is 1. The van der Waals surface area contributed by atoms with Crippen molar-refractivity contribution in [1.29, 1.82) is 0 Å². The number of carbonyl (C=O) groups excluding carboxylic acids is 1. The van der Waals surface area contributed by atoms with Gasteiger partial charge in [0.2, 0.25) is 0 Å². The van der Waals surface area contributed by atoms with Gasteiger partial charge in [0.05, 0.1) is 21.4 Å². The van der Waals surface area contributed by atoms with Gasteiger partial charge in [0.25, 0.3) is 11.6 Å². The summed E-state index contributed by atoms with van der Waals surface area (Å²) in [5, 5.41) is 22.0. The van der Waals surface area contributed by atoms with Crippen molar-refractivity contribution in [3.63, 3.8) is 0 Å². The fourth-order valence-corrected chi connectivity index (χ4v) is 2.56. The highest BCUT2D eigenvalue weighted by molar-refractivity contribution is 6.33. The van der Waals surface area contributed by atoms with E-state index in [4.69, 9.17) is 11.6 Å². The third-order valence-corrected chi connectivity index (χ3v) is 4.12. The molecule has 0 bridgehead atoms. The van der Waals surface area contributed by atoms with Crippen molar-refractivity contribution in [3.8, 4) is 11.3 Å². The molecule has 9 heteroatoms. The van der Waals surface area contributed by atoms with Gasteiger partial charge in [-0.05, 0) is 36.8 Å². The molecular formula is C18H14ClN5O3. The number of hydrogen-bond acceptors (Lipinski definition) is 5. The Morgan fingerprint density at radius 1 is 1.22 bits per heavy atom. The highest BCUT2D eigenvalue weighted by Crippen LogP contribution is 2.26. The van der Waals surface area contributed by atoms with Gasteiger partial charge in [-0.3, -0.25) is 20.0 Å². The van der Waals surface area contributed by atoms with Crippen LogP contribution in [0.2, 0.25) is 5.02 Å². The second-order valence-electron chi connectivity index (χ2n) is 5.59. The monoisotopic (exact) mass is 383 g/mol. The van der Waals surface area contributed by atoms with Gasteiger partial charge in [-0.25, -0.2) is 5.43 Å². The molecule has 2 aromatic carbocycles. The number of non-ortho nitro benzene ring substituents is 1. The molecule has 1 heterocycles. The van der Waals surface area contributed by atoms with Gasteiger partial charge >= 0.3 is 0 Å². The second-order valence-corrected chi connectivity index (χ2v) is 6.00. The minimum atomic E-state index is -0.479. The molecule has 0 aliphatic rings. The van der Waals surface area contributed by atoms with E-state index in [9.17, 15) is 14.9 Å². The first-order valence-corrected chi connectivity index (χ1v) is 8.23. The van der Waals surface area contributed by atoms with Gasteiger partial charge < -0.3 is 0 Å². The van der Waals surface area contributed by atoms with Crippen LogP contribution in [-0.2, 0) is 0 Å². The Morgan fingerprint density at radius 2 is 1.93 bits per heavy atom. The zero-order valence-electron chi connectivity index (χ0n) is 14.1. The number of aromatic amines is 1. The molecule has 3 aromatic rings. The lowest BCUT2D eigenvalue weighted by molar-refractivity contribution is -0.384. The summed E-state index contributed by atoms with van der Waals surface area (Å²) < 4.78 is 0. The van der Waals surface area contributed by atoms with Crippen LogP contribution in [0.3, 0.4) is 0 Å². The lowest BCUT2D eigenvalue weighted by atomic mass is 10.1. The summed E-state index contributed by atoms with van der Waals surface area (Å²) in [5.74, 6) is -0.470. The SMILES string of the molecule is C/C(=N/NC(=O)c1cc(-c2ccccc2Cl)n[nH]1)c1ccc([N+](=O)[O-])cc1. The molecule has 1 aromatic heterocycles. The zero-order chi connectivity index (χ0) is 19.4. The van der Waals surface area contributed by atoms with E-state index < -0.39 is 10.8 Å². The molecule has 0 unspecified atom stereocenters. The molecule has 27 heavy (non-hydrogen) atoms. The van der Waals surface area contributed by atoms with Crippen LogP contribution in [0.1, 0.15) is 23.0 Å². The Labute approximate surface area is 159 Å². The van der Waals surface area contributed by atoms with Crippen molar-refractivity contribution in [3.05, 3.63) is 81.0 Å². The van der Waals surface area contributed by atoms with Gasteiger partial charge in [0.1, 0.15) is 5.69 Å². The first kappa shape index (κ1) is 18.3. The van der Waals surface area contributed by atoms with Crippen molar-refractivity contribution in [2.24, 2.45) is 5.10 Å². The normalized spacial score (nSPS) is 11.3. The second kappa shape index (κ2) is 7.79. The van der Waals surface area contributed by atoms with Crippen molar-refractivity contribution in [1.82, 2.24) is 15.6 Å². The number of benzene rings is 2. The van der Waals surface area contributed by atoms with E-state index >= 15 is 0 Å². The minimum absolute atomic E-state index is 0.0138. The van der Waals surface area contributed by atoms with Crippen molar-refractivity contribution in [2.45, 2.75) is 6.92 Å². The van der Waals surface area contributed by atoms with E-state index in [0.29, 0.717) is 27.6 Å². The van der Waals surface area contributed by atoms with Crippen LogP contribution in [0.15, 0.2) is 59.7 Å². The zero-order valence-corrected chi connectivity index (χ0v) is 14.9. The number of carbonyl (C=O) groups is 1. The molecule has 0 radical (unpaired) electrons. The summed E-state index contributed by atoms with van der Waals surface area (Å²) in [6.45, 7) is 1.68. The van der Waals surface area contributed by atoms with E-state index in [2.05, 4.69) is 20.7 Å². The van der Waals surface area contributed by atoms with Crippen LogP contribution in [0.25, 0.3) is 11.3 Å². The van der Waals surface area contributed by atoms with Crippen LogP contribution in [0.4, 0.5) is 5.69 Å². The number of amides is 1. The quantitative estimate of drug-likeness (QED) is 0.396. The number of H-pyrrole nitrogens is 1. The summed E-state index contributed by atoms with van der Waals surface area (Å²) in [6, 6.07) is 14.6. The Balaban J connectivity index is 1.71. The predicted octanol–water partition coefficient (Wildman–Crippen LogP) is 3.79. The third kappa shape index (κ3) is 4.18. The molecule has 0 saturated carbocycles. The highest BCUT2D eigenvalue weighted by Gasteiger charge is 2.12. The highest BCUT2D eigenvalue weighted by atomic mass is 35.5. The molecular weight excluding hydrogens is 370 g/mol. The van der Waals surface area contributed by atoms with E-state index in [-0.39, 0.29) is 11.4 Å². The summed E-state index contributed by atoms with van der Waals surface area (Å²) in [5.41, 5.74) is 5.05. The summed E-state index contributed by atoms with van der Waals surface area (Å²) >= 11 is 6.13. The molecule has 0 aliphatic carbocycles. The number of hydrogen-bond donors (Lipinski definition) is 2. The van der Waals surface area contributed by atoms with Gasteiger partial charge in [0.15, 0.2) is 0 Å². The number of nitro groups is 1. The van der Waals surface area contributed by atoms with Crippen LogP contribution >= 0.6 is 11.6 Å².